The van der Waals surface area contributed by atoms with Crippen LogP contribution < -0.4 is 0 Å². The van der Waals surface area contributed by atoms with E-state index in [4.69, 9.17) is 0 Å². The monoisotopic (exact) mass is 363 g/mol. The molecule has 0 aliphatic heterocycles. The maximum Gasteiger partial charge on any atom is 0.155 e. The molecule has 4 aliphatic carbocycles. The van der Waals surface area contributed by atoms with Gasteiger partial charge in [0.05, 0.1) is 0 Å². The fourth-order valence-corrected chi connectivity index (χ4v) is 8.11. The summed E-state index contributed by atoms with van der Waals surface area (Å²) in [5, 5.41) is 0. The lowest BCUT2D eigenvalue weighted by Crippen LogP contribution is -2.52. The van der Waals surface area contributed by atoms with Crippen molar-refractivity contribution in [2.75, 3.05) is 0 Å². The zero-order chi connectivity index (χ0) is 18.8. The molecule has 5 rings (SSSR count). The predicted molar refractivity (Wildman–Crippen MR) is 108 cm³/mol. The molecule has 0 radical (unpaired) electrons. The number of allylic oxidation sites excluding steroid dienone is 1. The molecular formula is C25H33NO. The van der Waals surface area contributed by atoms with Crippen molar-refractivity contribution in [3.05, 3.63) is 41.7 Å². The van der Waals surface area contributed by atoms with Crippen molar-refractivity contribution in [3.63, 3.8) is 0 Å². The molecule has 2 heteroatoms. The van der Waals surface area contributed by atoms with Crippen LogP contribution in [0.1, 0.15) is 77.2 Å². The van der Waals surface area contributed by atoms with Crippen LogP contribution >= 0.6 is 0 Å². The van der Waals surface area contributed by atoms with Crippen molar-refractivity contribution >= 4 is 5.78 Å². The van der Waals surface area contributed by atoms with Crippen LogP contribution in [0.5, 0.6) is 0 Å². The summed E-state index contributed by atoms with van der Waals surface area (Å²) in [5.41, 5.74) is 3.64. The summed E-state index contributed by atoms with van der Waals surface area (Å²) >= 11 is 0. The first kappa shape index (κ1) is 17.6. The summed E-state index contributed by atoms with van der Waals surface area (Å²) in [7, 11) is 0. The first-order valence-electron chi connectivity index (χ1n) is 11.1. The summed E-state index contributed by atoms with van der Waals surface area (Å²) in [6.07, 6.45) is 14.6. The second-order valence-corrected chi connectivity index (χ2v) is 10.5. The van der Waals surface area contributed by atoms with Gasteiger partial charge in [0.25, 0.3) is 0 Å². The lowest BCUT2D eigenvalue weighted by molar-refractivity contribution is -0.118. The van der Waals surface area contributed by atoms with E-state index >= 15 is 0 Å². The minimum Gasteiger partial charge on any atom is -0.295 e. The van der Waals surface area contributed by atoms with Gasteiger partial charge in [0.1, 0.15) is 0 Å². The van der Waals surface area contributed by atoms with Gasteiger partial charge in [0, 0.05) is 18.8 Å². The molecule has 5 unspecified atom stereocenters. The lowest BCUT2D eigenvalue weighted by Gasteiger charge is -2.59. The molecule has 0 spiro atoms. The molecule has 7 atom stereocenters. The van der Waals surface area contributed by atoms with E-state index in [1.54, 1.807) is 0 Å². The highest BCUT2D eigenvalue weighted by Crippen LogP contribution is 2.68. The van der Waals surface area contributed by atoms with E-state index in [0.717, 1.165) is 30.6 Å². The third kappa shape index (κ3) is 2.44. The van der Waals surface area contributed by atoms with Crippen molar-refractivity contribution in [1.82, 2.24) is 4.98 Å². The summed E-state index contributed by atoms with van der Waals surface area (Å²) < 4.78 is 0. The lowest BCUT2D eigenvalue weighted by atomic mass is 9.45. The molecule has 144 valence electrons. The van der Waals surface area contributed by atoms with Gasteiger partial charge >= 0.3 is 0 Å². The van der Waals surface area contributed by atoms with Gasteiger partial charge in [0.2, 0.25) is 0 Å². The second kappa shape index (κ2) is 6.03. The fraction of sp³-hybridized carbons (Fsp3) is 0.680. The number of aromatic nitrogens is 1. The number of ketones is 1. The van der Waals surface area contributed by atoms with E-state index in [0.29, 0.717) is 23.0 Å². The Bertz CT molecular complexity index is 783. The maximum absolute atomic E-state index is 12.1. The van der Waals surface area contributed by atoms with Gasteiger partial charge in [-0.2, -0.15) is 0 Å². The number of carbonyl (C=O) groups excluding carboxylic acids is 1. The number of hydrogen-bond donors (Lipinski definition) is 0. The number of pyridine rings is 1. The van der Waals surface area contributed by atoms with Gasteiger partial charge < -0.3 is 0 Å². The quantitative estimate of drug-likeness (QED) is 0.618. The predicted octanol–water partition coefficient (Wildman–Crippen LogP) is 5.94. The molecule has 1 aromatic heterocycles. The van der Waals surface area contributed by atoms with Crippen LogP contribution in [0, 0.1) is 34.5 Å². The van der Waals surface area contributed by atoms with Crippen molar-refractivity contribution in [1.29, 1.82) is 0 Å². The Hall–Kier alpha value is -1.44. The van der Waals surface area contributed by atoms with Crippen LogP contribution in [0.25, 0.3) is 0 Å². The SMILES string of the molecule is CC1CC2C3CCC(c4cccnc4)[C@@]3(C)CCC2[C@@]2(C)CCC(=O)C=C12. The van der Waals surface area contributed by atoms with Crippen molar-refractivity contribution < 1.29 is 4.79 Å². The van der Waals surface area contributed by atoms with Gasteiger partial charge in [-0.1, -0.05) is 32.4 Å². The van der Waals surface area contributed by atoms with Crippen molar-refractivity contribution in [2.45, 2.75) is 71.6 Å². The minimum atomic E-state index is 0.268. The van der Waals surface area contributed by atoms with Crippen LogP contribution in [-0.2, 0) is 4.79 Å². The van der Waals surface area contributed by atoms with Crippen LogP contribution in [0.15, 0.2) is 36.2 Å². The molecule has 1 aromatic rings. The Morgan fingerprint density at radius 3 is 2.74 bits per heavy atom. The summed E-state index contributed by atoms with van der Waals surface area (Å²) in [5.74, 6) is 4.05. The van der Waals surface area contributed by atoms with E-state index in [-0.39, 0.29) is 5.41 Å². The van der Waals surface area contributed by atoms with Gasteiger partial charge in [0.15, 0.2) is 5.78 Å². The standard InChI is InChI=1S/C25H33NO/c1-16-13-19-21-7-6-20(17-5-4-12-26-15-17)24(21,2)11-9-22(19)25(3)10-8-18(27)14-23(16)25/h4-5,12,14-16,19-22H,6-11,13H2,1-3H3/t16?,19?,20?,21?,22?,24-,25-/m1/s1. The second-order valence-electron chi connectivity index (χ2n) is 10.5. The molecule has 0 saturated heterocycles. The number of fused-ring (bicyclic) bond motifs is 5. The smallest absolute Gasteiger partial charge is 0.155 e. The van der Waals surface area contributed by atoms with Gasteiger partial charge in [-0.25, -0.2) is 0 Å². The fourth-order valence-electron chi connectivity index (χ4n) is 8.11. The Balaban J connectivity index is 1.50. The van der Waals surface area contributed by atoms with Crippen molar-refractivity contribution in [2.24, 2.45) is 34.5 Å². The van der Waals surface area contributed by atoms with Crippen LogP contribution in [0.4, 0.5) is 0 Å². The zero-order valence-electron chi connectivity index (χ0n) is 17.1. The highest BCUT2D eigenvalue weighted by Gasteiger charge is 2.60. The van der Waals surface area contributed by atoms with Crippen LogP contribution in [0.3, 0.4) is 0 Å². The largest absolute Gasteiger partial charge is 0.295 e. The molecule has 27 heavy (non-hydrogen) atoms. The molecule has 1 heterocycles. The van der Waals surface area contributed by atoms with E-state index < -0.39 is 0 Å². The molecule has 0 aromatic carbocycles. The molecule has 0 N–H and O–H groups in total. The molecule has 0 bridgehead atoms. The van der Waals surface area contributed by atoms with E-state index in [1.165, 1.54) is 43.2 Å². The first-order chi connectivity index (χ1) is 12.9. The van der Waals surface area contributed by atoms with Gasteiger partial charge in [-0.05, 0) is 96.7 Å². The highest BCUT2D eigenvalue weighted by molar-refractivity contribution is 5.91. The van der Waals surface area contributed by atoms with E-state index in [9.17, 15) is 4.79 Å². The topological polar surface area (TPSA) is 30.0 Å². The third-order valence-corrected chi connectivity index (χ3v) is 9.37. The Morgan fingerprint density at radius 2 is 1.96 bits per heavy atom. The third-order valence-electron chi connectivity index (χ3n) is 9.37. The van der Waals surface area contributed by atoms with Gasteiger partial charge in [-0.15, -0.1) is 0 Å². The molecule has 3 fully saturated rings. The molecule has 0 amide bonds. The average molecular weight is 364 g/mol. The van der Waals surface area contributed by atoms with Gasteiger partial charge in [-0.3, -0.25) is 9.78 Å². The zero-order valence-corrected chi connectivity index (χ0v) is 17.1. The molecule has 2 nitrogen and oxygen atoms in total. The molecule has 3 saturated carbocycles. The average Bonchev–Trinajstić information content (AvgIpc) is 3.01. The van der Waals surface area contributed by atoms with E-state index in [2.05, 4.69) is 44.1 Å². The summed E-state index contributed by atoms with van der Waals surface area (Å²) in [4.78, 5) is 16.5. The normalized spacial score (nSPS) is 46.3. The minimum absolute atomic E-state index is 0.268. The Kier molecular flexibility index (Phi) is 3.94. The van der Waals surface area contributed by atoms with Crippen molar-refractivity contribution in [3.8, 4) is 0 Å². The number of rotatable bonds is 1. The van der Waals surface area contributed by atoms with E-state index in [1.807, 2.05) is 12.3 Å². The Labute approximate surface area is 163 Å². The number of carbonyl (C=O) groups is 1. The summed E-state index contributed by atoms with van der Waals surface area (Å²) in [6.45, 7) is 7.47. The number of nitrogens with zero attached hydrogens (tertiary/aromatic N) is 1. The number of hydrogen-bond acceptors (Lipinski definition) is 2. The molecule has 4 aliphatic rings. The summed E-state index contributed by atoms with van der Waals surface area (Å²) in [6, 6.07) is 4.41. The van der Waals surface area contributed by atoms with Crippen LogP contribution in [-0.4, -0.2) is 10.8 Å². The highest BCUT2D eigenvalue weighted by atomic mass is 16.1. The first-order valence-corrected chi connectivity index (χ1v) is 11.1. The Morgan fingerprint density at radius 1 is 1.11 bits per heavy atom. The molecular weight excluding hydrogens is 330 g/mol. The van der Waals surface area contributed by atoms with Crippen LogP contribution in [0.2, 0.25) is 0 Å². The maximum atomic E-state index is 12.1.